The van der Waals surface area contributed by atoms with Crippen LogP contribution in [0.15, 0.2) is 133 Å². The number of hydrogen-bond acceptors (Lipinski definition) is 1. The molecule has 0 spiro atoms. The van der Waals surface area contributed by atoms with E-state index in [1.807, 2.05) is 0 Å². The van der Waals surface area contributed by atoms with Gasteiger partial charge in [-0.15, -0.1) is 0 Å². The zero-order valence-corrected chi connectivity index (χ0v) is 26.0. The SMILES string of the molecule is CC1=C(C)C(C)(C)c2cc3c4c5ccccc5ccc4n(-c4cccc(-c5nc6ccccc6n5-c5ccccc5)c4)c3cc21. The van der Waals surface area contributed by atoms with Gasteiger partial charge in [0.1, 0.15) is 5.82 Å². The summed E-state index contributed by atoms with van der Waals surface area (Å²) in [5.41, 5.74) is 13.5. The smallest absolute Gasteiger partial charge is 0.145 e. The fourth-order valence-corrected chi connectivity index (χ4v) is 7.65. The molecule has 0 unspecified atom stereocenters. The maximum atomic E-state index is 5.18. The van der Waals surface area contributed by atoms with Crippen molar-refractivity contribution in [3.63, 3.8) is 0 Å². The second-order valence-electron chi connectivity index (χ2n) is 13.0. The molecule has 0 radical (unpaired) electrons. The average Bonchev–Trinajstić information content (AvgIpc) is 3.68. The number of fused-ring (bicyclic) bond motifs is 7. The monoisotopic (exact) mass is 579 g/mol. The third-order valence-corrected chi connectivity index (χ3v) is 10.3. The highest BCUT2D eigenvalue weighted by atomic mass is 15.1. The lowest BCUT2D eigenvalue weighted by molar-refractivity contribution is 0.639. The molecule has 2 heterocycles. The highest BCUT2D eigenvalue weighted by molar-refractivity contribution is 6.22. The number of allylic oxidation sites excluding steroid dienone is 2. The van der Waals surface area contributed by atoms with Crippen molar-refractivity contribution in [2.24, 2.45) is 0 Å². The number of hydrogen-bond donors (Lipinski definition) is 0. The van der Waals surface area contributed by atoms with Crippen molar-refractivity contribution in [2.75, 3.05) is 0 Å². The first-order valence-corrected chi connectivity index (χ1v) is 15.7. The maximum absolute atomic E-state index is 5.18. The number of aromatic nitrogens is 3. The van der Waals surface area contributed by atoms with E-state index < -0.39 is 0 Å². The van der Waals surface area contributed by atoms with Crippen LogP contribution in [0, 0.1) is 0 Å². The molecular weight excluding hydrogens is 546 g/mol. The molecule has 0 saturated heterocycles. The van der Waals surface area contributed by atoms with E-state index in [0.29, 0.717) is 0 Å². The Bertz CT molecular complexity index is 2520. The van der Waals surface area contributed by atoms with Crippen LogP contribution in [0.3, 0.4) is 0 Å². The number of rotatable bonds is 3. The second kappa shape index (κ2) is 9.30. The van der Waals surface area contributed by atoms with Crippen LogP contribution in [-0.4, -0.2) is 14.1 Å². The summed E-state index contributed by atoms with van der Waals surface area (Å²) in [4.78, 5) is 5.18. The lowest BCUT2D eigenvalue weighted by Crippen LogP contribution is -2.15. The van der Waals surface area contributed by atoms with Crippen LogP contribution in [-0.2, 0) is 5.41 Å². The molecule has 0 aliphatic heterocycles. The minimum absolute atomic E-state index is 0.00303. The Morgan fingerprint density at radius 2 is 1.33 bits per heavy atom. The molecule has 0 bridgehead atoms. The molecule has 45 heavy (non-hydrogen) atoms. The van der Waals surface area contributed by atoms with E-state index in [-0.39, 0.29) is 5.41 Å². The summed E-state index contributed by atoms with van der Waals surface area (Å²) >= 11 is 0. The molecule has 0 fully saturated rings. The largest absolute Gasteiger partial charge is 0.309 e. The van der Waals surface area contributed by atoms with Gasteiger partial charge in [-0.2, -0.15) is 0 Å². The third-order valence-electron chi connectivity index (χ3n) is 10.3. The van der Waals surface area contributed by atoms with E-state index in [0.717, 1.165) is 33.8 Å². The van der Waals surface area contributed by atoms with Crippen LogP contribution in [0.1, 0.15) is 38.8 Å². The molecule has 0 amide bonds. The summed E-state index contributed by atoms with van der Waals surface area (Å²) in [6, 6.07) is 46.1. The van der Waals surface area contributed by atoms with E-state index in [4.69, 9.17) is 4.98 Å². The first kappa shape index (κ1) is 26.0. The zero-order chi connectivity index (χ0) is 30.4. The van der Waals surface area contributed by atoms with Gasteiger partial charge in [0.15, 0.2) is 0 Å². The maximum Gasteiger partial charge on any atom is 0.145 e. The van der Waals surface area contributed by atoms with Gasteiger partial charge < -0.3 is 4.57 Å². The first-order chi connectivity index (χ1) is 21.9. The molecule has 9 rings (SSSR count). The van der Waals surface area contributed by atoms with E-state index in [1.54, 1.807) is 0 Å². The average molecular weight is 580 g/mol. The van der Waals surface area contributed by atoms with E-state index in [2.05, 4.69) is 164 Å². The molecule has 6 aromatic carbocycles. The molecule has 1 aliphatic carbocycles. The minimum atomic E-state index is 0.00303. The van der Waals surface area contributed by atoms with E-state index in [1.165, 1.54) is 54.9 Å². The van der Waals surface area contributed by atoms with Gasteiger partial charge in [0, 0.05) is 33.1 Å². The Labute approximate surface area is 262 Å². The Balaban J connectivity index is 1.36. The van der Waals surface area contributed by atoms with Gasteiger partial charge in [-0.05, 0) is 95.9 Å². The highest BCUT2D eigenvalue weighted by Crippen LogP contribution is 2.49. The van der Waals surface area contributed by atoms with Crippen LogP contribution in [0.5, 0.6) is 0 Å². The summed E-state index contributed by atoms with van der Waals surface area (Å²) in [6.07, 6.45) is 0. The quantitative estimate of drug-likeness (QED) is 0.204. The van der Waals surface area contributed by atoms with Crippen molar-refractivity contribution < 1.29 is 0 Å². The molecule has 216 valence electrons. The van der Waals surface area contributed by atoms with Gasteiger partial charge in [0.25, 0.3) is 0 Å². The lowest BCUT2D eigenvalue weighted by Gasteiger charge is -2.22. The van der Waals surface area contributed by atoms with Gasteiger partial charge in [0.05, 0.1) is 22.1 Å². The predicted octanol–water partition coefficient (Wildman–Crippen LogP) is 11.0. The Hall–Kier alpha value is -5.41. The van der Waals surface area contributed by atoms with Crippen molar-refractivity contribution in [1.29, 1.82) is 0 Å². The summed E-state index contributed by atoms with van der Waals surface area (Å²) in [6.45, 7) is 9.31. The topological polar surface area (TPSA) is 22.8 Å². The van der Waals surface area contributed by atoms with Gasteiger partial charge in [-0.1, -0.05) is 92.2 Å². The van der Waals surface area contributed by atoms with Gasteiger partial charge in [-0.25, -0.2) is 4.98 Å². The number of imidazole rings is 1. The summed E-state index contributed by atoms with van der Waals surface area (Å²) in [5, 5.41) is 5.17. The Morgan fingerprint density at radius 1 is 0.578 bits per heavy atom. The fourth-order valence-electron chi connectivity index (χ4n) is 7.65. The lowest BCUT2D eigenvalue weighted by atomic mass is 9.81. The molecule has 0 saturated carbocycles. The second-order valence-corrected chi connectivity index (χ2v) is 13.0. The minimum Gasteiger partial charge on any atom is -0.309 e. The van der Waals surface area contributed by atoms with Crippen molar-refractivity contribution in [2.45, 2.75) is 33.1 Å². The summed E-state index contributed by atoms with van der Waals surface area (Å²) < 4.78 is 4.74. The number of para-hydroxylation sites is 3. The van der Waals surface area contributed by atoms with Crippen LogP contribution in [0.2, 0.25) is 0 Å². The highest BCUT2D eigenvalue weighted by Gasteiger charge is 2.34. The number of nitrogens with zero attached hydrogens (tertiary/aromatic N) is 3. The van der Waals surface area contributed by atoms with E-state index >= 15 is 0 Å². The number of benzene rings is 6. The summed E-state index contributed by atoms with van der Waals surface area (Å²) in [5.74, 6) is 0.938. The molecule has 1 aliphatic rings. The molecule has 8 aromatic rings. The standard InChI is InChI=1S/C42H33N3/c1-26-27(2)42(3,4)35-24-34-39(25-33(26)35)44(38-22-21-28-13-8-9-18-32(28)40(34)38)31-17-12-14-29(23-31)41-43-36-19-10-11-20-37(36)45(41)30-15-6-5-7-16-30/h5-25H,1-4H3. The summed E-state index contributed by atoms with van der Waals surface area (Å²) in [7, 11) is 0. The third kappa shape index (κ3) is 3.61. The molecule has 0 atom stereocenters. The Morgan fingerprint density at radius 3 is 2.20 bits per heavy atom. The van der Waals surface area contributed by atoms with Crippen molar-refractivity contribution in [1.82, 2.24) is 14.1 Å². The van der Waals surface area contributed by atoms with E-state index in [9.17, 15) is 0 Å². The van der Waals surface area contributed by atoms with Crippen LogP contribution in [0.25, 0.3) is 71.9 Å². The Kier molecular flexibility index (Phi) is 5.38. The molecule has 3 heteroatoms. The zero-order valence-electron chi connectivity index (χ0n) is 26.0. The fraction of sp³-hybridized carbons (Fsp3) is 0.119. The normalized spacial score (nSPS) is 14.3. The first-order valence-electron chi connectivity index (χ1n) is 15.7. The van der Waals surface area contributed by atoms with Crippen LogP contribution < -0.4 is 0 Å². The van der Waals surface area contributed by atoms with Crippen molar-refractivity contribution in [3.05, 3.63) is 144 Å². The molecule has 3 nitrogen and oxygen atoms in total. The molecular formula is C42H33N3. The van der Waals surface area contributed by atoms with Gasteiger partial charge >= 0.3 is 0 Å². The van der Waals surface area contributed by atoms with Crippen molar-refractivity contribution in [3.8, 4) is 22.8 Å². The van der Waals surface area contributed by atoms with Crippen LogP contribution in [0.4, 0.5) is 0 Å². The predicted molar refractivity (Wildman–Crippen MR) is 190 cm³/mol. The molecule has 2 aromatic heterocycles. The van der Waals surface area contributed by atoms with Crippen molar-refractivity contribution >= 4 is 49.2 Å². The van der Waals surface area contributed by atoms with Crippen LogP contribution >= 0.6 is 0 Å². The van der Waals surface area contributed by atoms with Gasteiger partial charge in [0.2, 0.25) is 0 Å². The molecule has 0 N–H and O–H groups in total. The van der Waals surface area contributed by atoms with Gasteiger partial charge in [-0.3, -0.25) is 4.57 Å².